The lowest BCUT2D eigenvalue weighted by molar-refractivity contribution is 0.0701. The van der Waals surface area contributed by atoms with Gasteiger partial charge in [0.1, 0.15) is 0 Å². The number of benzene rings is 3. The van der Waals surface area contributed by atoms with Gasteiger partial charge in [-0.3, -0.25) is 0 Å². The van der Waals surface area contributed by atoms with Gasteiger partial charge in [-0.1, -0.05) is 61.9 Å². The SMILES string of the molecule is CCCC[Si](F)(F)F.O=C(O)c1c2ccccc2cc2ccccc12. The van der Waals surface area contributed by atoms with Crippen LogP contribution < -0.4 is 0 Å². The summed E-state index contributed by atoms with van der Waals surface area (Å²) in [7, 11) is -5.18. The zero-order valence-electron chi connectivity index (χ0n) is 13.8. The molecule has 25 heavy (non-hydrogen) atoms. The minimum atomic E-state index is -5.18. The monoisotopic (exact) mass is 364 g/mol. The molecule has 1 N–H and O–H groups in total. The second-order valence-electron chi connectivity index (χ2n) is 5.72. The van der Waals surface area contributed by atoms with E-state index in [2.05, 4.69) is 0 Å². The van der Waals surface area contributed by atoms with Crippen LogP contribution in [0.25, 0.3) is 21.5 Å². The van der Waals surface area contributed by atoms with Crippen molar-refractivity contribution in [1.29, 1.82) is 0 Å². The van der Waals surface area contributed by atoms with E-state index < -0.39 is 21.1 Å². The van der Waals surface area contributed by atoms with Crippen LogP contribution in [0.4, 0.5) is 12.3 Å². The molecule has 0 fully saturated rings. The molecule has 0 saturated heterocycles. The van der Waals surface area contributed by atoms with E-state index in [1.807, 2.05) is 54.6 Å². The lowest BCUT2D eigenvalue weighted by atomic mass is 9.97. The summed E-state index contributed by atoms with van der Waals surface area (Å²) in [4.78, 5) is 11.4. The number of unbranched alkanes of at least 4 members (excludes halogenated alkanes) is 1. The van der Waals surface area contributed by atoms with Crippen molar-refractivity contribution in [2.45, 2.75) is 25.8 Å². The zero-order valence-corrected chi connectivity index (χ0v) is 14.8. The summed E-state index contributed by atoms with van der Waals surface area (Å²) < 4.78 is 34.1. The first-order valence-electron chi connectivity index (χ1n) is 8.04. The largest absolute Gasteiger partial charge is 0.616 e. The predicted octanol–water partition coefficient (Wildman–Crippen LogP) is 6.33. The lowest BCUT2D eigenvalue weighted by Crippen LogP contribution is -2.13. The van der Waals surface area contributed by atoms with Gasteiger partial charge in [0.05, 0.1) is 5.56 Å². The Labute approximate surface area is 145 Å². The maximum atomic E-state index is 11.4. The van der Waals surface area contributed by atoms with Crippen molar-refractivity contribution < 1.29 is 22.2 Å². The van der Waals surface area contributed by atoms with Crippen molar-refractivity contribution in [2.24, 2.45) is 0 Å². The van der Waals surface area contributed by atoms with Crippen molar-refractivity contribution in [3.05, 3.63) is 60.2 Å². The molecule has 0 unspecified atom stereocenters. The van der Waals surface area contributed by atoms with E-state index in [9.17, 15) is 22.2 Å². The van der Waals surface area contributed by atoms with Gasteiger partial charge in [0, 0.05) is 6.04 Å². The van der Waals surface area contributed by atoms with E-state index in [1.165, 1.54) is 0 Å². The quantitative estimate of drug-likeness (QED) is 0.334. The van der Waals surface area contributed by atoms with Crippen molar-refractivity contribution in [1.82, 2.24) is 0 Å². The first-order valence-corrected chi connectivity index (χ1v) is 9.88. The highest BCUT2D eigenvalue weighted by molar-refractivity contribution is 6.58. The summed E-state index contributed by atoms with van der Waals surface area (Å²) in [6.07, 6.45) is 0.961. The van der Waals surface area contributed by atoms with Crippen LogP contribution in [0.5, 0.6) is 0 Å². The van der Waals surface area contributed by atoms with Crippen molar-refractivity contribution in [3.8, 4) is 0 Å². The van der Waals surface area contributed by atoms with Gasteiger partial charge >= 0.3 is 15.0 Å². The third kappa shape index (κ3) is 5.06. The molecule has 6 heteroatoms. The molecule has 0 amide bonds. The Morgan fingerprint density at radius 2 is 1.44 bits per heavy atom. The van der Waals surface area contributed by atoms with E-state index >= 15 is 0 Å². The normalized spacial score (nSPS) is 11.2. The van der Waals surface area contributed by atoms with Gasteiger partial charge in [0.2, 0.25) is 0 Å². The third-order valence-corrected chi connectivity index (χ3v) is 4.72. The second kappa shape index (κ2) is 8.16. The molecule has 0 atom stereocenters. The Bertz CT molecular complexity index is 821. The van der Waals surface area contributed by atoms with E-state index in [4.69, 9.17) is 0 Å². The molecule has 0 radical (unpaired) electrons. The number of carboxylic acid groups (broad SMARTS) is 1. The fraction of sp³-hybridized carbons (Fsp3) is 0.211. The molecule has 0 aliphatic carbocycles. The minimum absolute atomic E-state index is 0.315. The zero-order chi connectivity index (χ0) is 18.4. The highest BCUT2D eigenvalue weighted by Gasteiger charge is 2.34. The topological polar surface area (TPSA) is 37.3 Å². The molecular weight excluding hydrogens is 345 g/mol. The Morgan fingerprint density at radius 3 is 1.80 bits per heavy atom. The maximum absolute atomic E-state index is 11.4. The fourth-order valence-electron chi connectivity index (χ4n) is 2.62. The first-order chi connectivity index (χ1) is 11.8. The van der Waals surface area contributed by atoms with Crippen molar-refractivity contribution in [2.75, 3.05) is 0 Å². The summed E-state index contributed by atoms with van der Waals surface area (Å²) in [5.74, 6) is -0.877. The number of hydrogen-bond donors (Lipinski definition) is 1. The molecular formula is C19H19F3O2Si. The number of halogens is 3. The number of hydrogen-bond acceptors (Lipinski definition) is 1. The van der Waals surface area contributed by atoms with Crippen molar-refractivity contribution >= 4 is 36.6 Å². The molecule has 0 saturated carbocycles. The van der Waals surface area contributed by atoms with E-state index in [0.29, 0.717) is 18.4 Å². The molecule has 0 bridgehead atoms. The predicted molar refractivity (Wildman–Crippen MR) is 97.2 cm³/mol. The van der Waals surface area contributed by atoms with Gasteiger partial charge in [0.25, 0.3) is 0 Å². The van der Waals surface area contributed by atoms with E-state index in [-0.39, 0.29) is 0 Å². The van der Waals surface area contributed by atoms with Crippen LogP contribution in [0.3, 0.4) is 0 Å². The Balaban J connectivity index is 0.000000242. The number of carbonyl (C=O) groups is 1. The van der Waals surface area contributed by atoms with Gasteiger partial charge in [-0.25, -0.2) is 17.1 Å². The average Bonchev–Trinajstić information content (AvgIpc) is 2.57. The van der Waals surface area contributed by atoms with Gasteiger partial charge in [-0.05, 0) is 34.0 Å². The summed E-state index contributed by atoms with van der Waals surface area (Å²) in [5.41, 5.74) is 0.388. The molecule has 3 rings (SSSR count). The average molecular weight is 364 g/mol. The third-order valence-electron chi connectivity index (χ3n) is 3.80. The van der Waals surface area contributed by atoms with Crippen LogP contribution >= 0.6 is 0 Å². The maximum Gasteiger partial charge on any atom is 0.616 e. The number of aromatic carboxylic acids is 1. The molecule has 2 nitrogen and oxygen atoms in total. The van der Waals surface area contributed by atoms with Crippen LogP contribution in [0.1, 0.15) is 30.1 Å². The smallest absolute Gasteiger partial charge is 0.478 e. The van der Waals surface area contributed by atoms with Crippen molar-refractivity contribution in [3.63, 3.8) is 0 Å². The summed E-state index contributed by atoms with van der Waals surface area (Å²) in [6.45, 7) is 1.76. The summed E-state index contributed by atoms with van der Waals surface area (Å²) in [5, 5.41) is 12.9. The van der Waals surface area contributed by atoms with Gasteiger partial charge < -0.3 is 5.11 Å². The number of carboxylic acids is 1. The Kier molecular flexibility index (Phi) is 6.20. The lowest BCUT2D eigenvalue weighted by Gasteiger charge is -2.07. The van der Waals surface area contributed by atoms with Crippen LogP contribution in [0.2, 0.25) is 6.04 Å². The summed E-state index contributed by atoms with van der Waals surface area (Å²) in [6, 6.07) is 16.7. The Morgan fingerprint density at radius 1 is 0.960 bits per heavy atom. The fourth-order valence-corrected chi connectivity index (χ4v) is 3.38. The molecule has 0 aromatic heterocycles. The number of rotatable bonds is 4. The first kappa shape index (κ1) is 19.0. The van der Waals surface area contributed by atoms with Crippen LogP contribution in [0.15, 0.2) is 54.6 Å². The molecule has 3 aromatic rings. The van der Waals surface area contributed by atoms with Gasteiger partial charge in [-0.15, -0.1) is 0 Å². The van der Waals surface area contributed by atoms with Crippen LogP contribution in [-0.2, 0) is 0 Å². The highest BCUT2D eigenvalue weighted by atomic mass is 28.5. The molecule has 132 valence electrons. The van der Waals surface area contributed by atoms with E-state index in [0.717, 1.165) is 21.5 Å². The van der Waals surface area contributed by atoms with Gasteiger partial charge in [0.15, 0.2) is 0 Å². The second-order valence-corrected chi connectivity index (χ2v) is 7.45. The standard InChI is InChI=1S/C15H10O2.C4H9F3Si/c16-15(17)14-12-7-3-1-5-10(12)9-11-6-2-4-8-13(11)14;1-2-3-4-8(5,6)7/h1-9H,(H,16,17);2-4H2,1H3. The Hall–Kier alpha value is -2.34. The minimum Gasteiger partial charge on any atom is -0.478 e. The molecule has 0 aliphatic rings. The summed E-state index contributed by atoms with van der Waals surface area (Å²) >= 11 is 0. The molecule has 0 aliphatic heterocycles. The van der Waals surface area contributed by atoms with Gasteiger partial charge in [-0.2, -0.15) is 0 Å². The highest BCUT2D eigenvalue weighted by Crippen LogP contribution is 2.28. The molecule has 0 heterocycles. The van der Waals surface area contributed by atoms with Crippen LogP contribution in [-0.4, -0.2) is 20.2 Å². The molecule has 0 spiro atoms. The van der Waals surface area contributed by atoms with Crippen LogP contribution in [0, 0.1) is 0 Å². The number of fused-ring (bicyclic) bond motifs is 2. The van der Waals surface area contributed by atoms with E-state index in [1.54, 1.807) is 6.92 Å². The molecule has 3 aromatic carbocycles.